The van der Waals surface area contributed by atoms with Crippen molar-refractivity contribution >= 4 is 21.7 Å². The Labute approximate surface area is 93.1 Å². The molecular weight excluding hydrogens is 232 g/mol. The van der Waals surface area contributed by atoms with Crippen molar-refractivity contribution in [2.45, 2.75) is 17.9 Å². The topological polar surface area (TPSA) is 112 Å². The second kappa shape index (κ2) is 4.50. The minimum absolute atomic E-state index is 0.0465. The zero-order valence-electron chi connectivity index (χ0n) is 8.51. The fraction of sp³-hybridized carbons (Fsp3) is 0.222. The van der Waals surface area contributed by atoms with Gasteiger partial charge in [-0.1, -0.05) is 0 Å². The van der Waals surface area contributed by atoms with E-state index in [1.54, 1.807) is 0 Å². The fourth-order valence-corrected chi connectivity index (χ4v) is 2.19. The summed E-state index contributed by atoms with van der Waals surface area (Å²) in [6, 6.07) is 4.12. The van der Waals surface area contributed by atoms with Crippen molar-refractivity contribution in [3.8, 4) is 0 Å². The summed E-state index contributed by atoms with van der Waals surface area (Å²) in [5.74, 6) is -1.49. The van der Waals surface area contributed by atoms with E-state index in [9.17, 15) is 18.3 Å². The van der Waals surface area contributed by atoms with Crippen LogP contribution in [0.3, 0.4) is 0 Å². The number of nitrogens with one attached hydrogen (secondary N) is 1. The monoisotopic (exact) mass is 243 g/mol. The normalized spacial score (nSPS) is 13.3. The van der Waals surface area contributed by atoms with E-state index in [1.165, 1.54) is 31.2 Å². The van der Waals surface area contributed by atoms with Crippen LogP contribution in [0.1, 0.15) is 6.92 Å². The van der Waals surface area contributed by atoms with Gasteiger partial charge in [-0.15, -0.1) is 0 Å². The summed E-state index contributed by atoms with van der Waals surface area (Å²) in [5, 5.41) is 10.4. The van der Waals surface area contributed by atoms with Gasteiger partial charge in [0.05, 0.1) is 16.9 Å². The summed E-state index contributed by atoms with van der Waals surface area (Å²) in [4.78, 5) is 10.4. The quantitative estimate of drug-likeness (QED) is 0.637. The first-order valence-corrected chi connectivity index (χ1v) is 5.90. The van der Waals surface area contributed by atoms with Crippen LogP contribution in [0, 0.1) is 0 Å². The molecule has 0 bridgehead atoms. The predicted molar refractivity (Wildman–Crippen MR) is 55.6 cm³/mol. The lowest BCUT2D eigenvalue weighted by Gasteiger charge is -2.14. The molecule has 16 heavy (non-hydrogen) atoms. The second-order valence-corrected chi connectivity index (χ2v) is 4.95. The highest BCUT2D eigenvalue weighted by Crippen LogP contribution is 2.11. The number of carboxylic acid groups (broad SMARTS) is 1. The zero-order chi connectivity index (χ0) is 12.3. The SMILES string of the molecule is CC(NS(=O)(=O)c1ccc(N)cc1)C(=O)[O-]. The Bertz CT molecular complexity index is 481. The van der Waals surface area contributed by atoms with Crippen molar-refractivity contribution in [1.82, 2.24) is 4.72 Å². The van der Waals surface area contributed by atoms with Gasteiger partial charge in [0.15, 0.2) is 0 Å². The number of sulfonamides is 1. The molecule has 3 N–H and O–H groups in total. The van der Waals surface area contributed by atoms with Crippen molar-refractivity contribution in [1.29, 1.82) is 0 Å². The van der Waals surface area contributed by atoms with Crippen LogP contribution in [0.25, 0.3) is 0 Å². The highest BCUT2D eigenvalue weighted by molar-refractivity contribution is 7.89. The summed E-state index contributed by atoms with van der Waals surface area (Å²) in [7, 11) is -3.85. The number of benzene rings is 1. The Morgan fingerprint density at radius 1 is 1.38 bits per heavy atom. The van der Waals surface area contributed by atoms with E-state index in [-0.39, 0.29) is 4.90 Å². The molecule has 0 radical (unpaired) electrons. The molecule has 1 atom stereocenters. The van der Waals surface area contributed by atoms with Gasteiger partial charge in [-0.05, 0) is 31.2 Å². The van der Waals surface area contributed by atoms with E-state index in [2.05, 4.69) is 0 Å². The molecule has 1 aromatic carbocycles. The molecule has 0 amide bonds. The van der Waals surface area contributed by atoms with Crippen molar-refractivity contribution in [2.75, 3.05) is 5.73 Å². The van der Waals surface area contributed by atoms with E-state index in [0.29, 0.717) is 5.69 Å². The molecule has 0 aliphatic rings. The second-order valence-electron chi connectivity index (χ2n) is 3.23. The maximum Gasteiger partial charge on any atom is 0.241 e. The Hall–Kier alpha value is -1.60. The third kappa shape index (κ3) is 2.94. The van der Waals surface area contributed by atoms with Crippen molar-refractivity contribution in [3.63, 3.8) is 0 Å². The fourth-order valence-electron chi connectivity index (χ4n) is 0.996. The number of aliphatic carboxylic acids is 1. The molecule has 1 unspecified atom stereocenters. The summed E-state index contributed by atoms with van der Waals surface area (Å²) >= 11 is 0. The van der Waals surface area contributed by atoms with E-state index in [1.807, 2.05) is 4.72 Å². The Morgan fingerprint density at radius 2 is 1.88 bits per heavy atom. The Kier molecular flexibility index (Phi) is 3.51. The molecular formula is C9H11N2O4S-. The standard InChI is InChI=1S/C9H12N2O4S/c1-6(9(12)13)11-16(14,15)8-4-2-7(10)3-5-8/h2-6,11H,10H2,1H3,(H,12,13)/p-1. The largest absolute Gasteiger partial charge is 0.548 e. The van der Waals surface area contributed by atoms with Crippen LogP contribution in [0.4, 0.5) is 5.69 Å². The van der Waals surface area contributed by atoms with Crippen molar-refractivity contribution in [2.24, 2.45) is 0 Å². The van der Waals surface area contributed by atoms with Crippen LogP contribution in [-0.2, 0) is 14.8 Å². The van der Waals surface area contributed by atoms with Crippen LogP contribution in [0.2, 0.25) is 0 Å². The summed E-state index contributed by atoms with van der Waals surface area (Å²) in [6.07, 6.45) is 0. The van der Waals surface area contributed by atoms with Crippen molar-refractivity contribution in [3.05, 3.63) is 24.3 Å². The number of carbonyl (C=O) groups is 1. The van der Waals surface area contributed by atoms with Crippen molar-refractivity contribution < 1.29 is 18.3 Å². The molecule has 0 aliphatic heterocycles. The van der Waals surface area contributed by atoms with Gasteiger partial charge >= 0.3 is 0 Å². The summed E-state index contributed by atoms with van der Waals surface area (Å²) in [6.45, 7) is 1.18. The van der Waals surface area contributed by atoms with E-state index in [0.717, 1.165) is 0 Å². The smallest absolute Gasteiger partial charge is 0.241 e. The van der Waals surface area contributed by atoms with Gasteiger partial charge in [-0.25, -0.2) is 13.1 Å². The van der Waals surface area contributed by atoms with Gasteiger partial charge in [0.25, 0.3) is 0 Å². The molecule has 0 fully saturated rings. The Morgan fingerprint density at radius 3 is 2.31 bits per heavy atom. The number of nitrogen functional groups attached to an aromatic ring is 1. The predicted octanol–water partition coefficient (Wildman–Crippen LogP) is -1.31. The van der Waals surface area contributed by atoms with Crippen LogP contribution in [0.5, 0.6) is 0 Å². The van der Waals surface area contributed by atoms with Gasteiger partial charge in [0.2, 0.25) is 10.0 Å². The maximum absolute atomic E-state index is 11.6. The first-order chi connectivity index (χ1) is 7.33. The van der Waals surface area contributed by atoms with Gasteiger partial charge in [-0.2, -0.15) is 0 Å². The van der Waals surface area contributed by atoms with Crippen LogP contribution in [0.15, 0.2) is 29.2 Å². The first-order valence-electron chi connectivity index (χ1n) is 4.41. The molecule has 0 saturated carbocycles. The highest BCUT2D eigenvalue weighted by atomic mass is 32.2. The summed E-state index contributed by atoms with van der Waals surface area (Å²) < 4.78 is 25.2. The molecule has 0 spiro atoms. The maximum atomic E-state index is 11.6. The molecule has 0 aromatic heterocycles. The number of anilines is 1. The molecule has 0 heterocycles. The highest BCUT2D eigenvalue weighted by Gasteiger charge is 2.17. The molecule has 88 valence electrons. The minimum atomic E-state index is -3.85. The van der Waals surface area contributed by atoms with Crippen LogP contribution >= 0.6 is 0 Å². The van der Waals surface area contributed by atoms with Gasteiger partial charge in [-0.3, -0.25) is 0 Å². The number of nitrogens with two attached hydrogens (primary N) is 1. The minimum Gasteiger partial charge on any atom is -0.548 e. The zero-order valence-corrected chi connectivity index (χ0v) is 9.32. The lowest BCUT2D eigenvalue weighted by Crippen LogP contribution is -2.45. The summed E-state index contributed by atoms with van der Waals surface area (Å²) in [5.41, 5.74) is 5.82. The third-order valence-corrected chi connectivity index (χ3v) is 3.43. The number of rotatable bonds is 4. The molecule has 0 saturated heterocycles. The molecule has 6 nitrogen and oxygen atoms in total. The molecule has 7 heteroatoms. The van der Waals surface area contributed by atoms with Gasteiger partial charge in [0.1, 0.15) is 0 Å². The van der Waals surface area contributed by atoms with Gasteiger partial charge < -0.3 is 15.6 Å². The van der Waals surface area contributed by atoms with E-state index < -0.39 is 22.0 Å². The third-order valence-electron chi connectivity index (χ3n) is 1.88. The average Bonchev–Trinajstić information content (AvgIpc) is 2.17. The lowest BCUT2D eigenvalue weighted by molar-refractivity contribution is -0.307. The Balaban J connectivity index is 2.94. The first kappa shape index (κ1) is 12.5. The van der Waals surface area contributed by atoms with Crippen LogP contribution < -0.4 is 15.6 Å². The van der Waals surface area contributed by atoms with E-state index >= 15 is 0 Å². The lowest BCUT2D eigenvalue weighted by atomic mass is 10.3. The number of carboxylic acids is 1. The van der Waals surface area contributed by atoms with Gasteiger partial charge in [0, 0.05) is 5.69 Å². The number of hydrogen-bond donors (Lipinski definition) is 2. The van der Waals surface area contributed by atoms with E-state index in [4.69, 9.17) is 5.73 Å². The average molecular weight is 243 g/mol. The van der Waals surface area contributed by atoms with Crippen LogP contribution in [-0.4, -0.2) is 20.4 Å². The molecule has 1 rings (SSSR count). The molecule has 1 aromatic rings. The molecule has 0 aliphatic carbocycles. The number of carbonyl (C=O) groups excluding carboxylic acids is 1. The number of hydrogen-bond acceptors (Lipinski definition) is 5.